The smallest absolute Gasteiger partial charge is 0.146 e. The molecule has 0 unspecified atom stereocenters. The first kappa shape index (κ1) is 22.4. The van der Waals surface area contributed by atoms with Gasteiger partial charge in [0.05, 0.1) is 16.9 Å². The Morgan fingerprint density at radius 1 is 0.611 bits per heavy atom. The molecule has 1 N–H and O–H groups in total. The summed E-state index contributed by atoms with van der Waals surface area (Å²) in [5.41, 5.74) is 13.9. The van der Waals surface area contributed by atoms with E-state index in [-0.39, 0.29) is 5.75 Å². The van der Waals surface area contributed by atoms with Crippen molar-refractivity contribution in [2.45, 2.75) is 41.5 Å². The summed E-state index contributed by atoms with van der Waals surface area (Å²) in [5, 5.41) is 13.7. The molecule has 0 aliphatic carbocycles. The molecule has 4 aromatic carbocycles. The fraction of sp³-hybridized carbons (Fsp3) is 0.182. The lowest BCUT2D eigenvalue weighted by Gasteiger charge is -2.17. The van der Waals surface area contributed by atoms with Crippen molar-refractivity contribution in [3.05, 3.63) is 100 Å². The molecule has 3 nitrogen and oxygen atoms in total. The van der Waals surface area contributed by atoms with E-state index < -0.39 is 0 Å². The van der Waals surface area contributed by atoms with Crippen molar-refractivity contribution < 1.29 is 5.11 Å². The lowest BCUT2D eigenvalue weighted by atomic mass is 9.91. The Bertz CT molecular complexity index is 1810. The fourth-order valence-corrected chi connectivity index (χ4v) is 6.20. The van der Waals surface area contributed by atoms with E-state index in [1.165, 1.54) is 44.5 Å². The van der Waals surface area contributed by atoms with Crippen molar-refractivity contribution >= 4 is 27.3 Å². The number of phenols is 1. The maximum Gasteiger partial charge on any atom is 0.146 e. The van der Waals surface area contributed by atoms with Gasteiger partial charge in [-0.05, 0) is 93.4 Å². The summed E-state index contributed by atoms with van der Waals surface area (Å²) in [6, 6.07) is 23.1. The maximum atomic E-state index is 10.5. The summed E-state index contributed by atoms with van der Waals surface area (Å²) in [4.78, 5) is 5.39. The molecule has 0 spiro atoms. The highest BCUT2D eigenvalue weighted by molar-refractivity contribution is 6.13. The van der Waals surface area contributed by atoms with E-state index in [9.17, 15) is 5.11 Å². The Hall–Kier alpha value is -4.11. The van der Waals surface area contributed by atoms with Crippen molar-refractivity contribution in [1.82, 2.24) is 9.38 Å². The van der Waals surface area contributed by atoms with E-state index in [0.717, 1.165) is 38.7 Å². The zero-order chi connectivity index (χ0) is 25.3. The number of para-hydroxylation sites is 1. The van der Waals surface area contributed by atoms with Crippen molar-refractivity contribution in [2.24, 2.45) is 0 Å². The molecule has 0 aliphatic rings. The zero-order valence-corrected chi connectivity index (χ0v) is 21.7. The lowest BCUT2D eigenvalue weighted by Crippen LogP contribution is -1.99. The van der Waals surface area contributed by atoms with E-state index >= 15 is 0 Å². The number of rotatable bonds is 2. The molecule has 3 heteroatoms. The van der Waals surface area contributed by atoms with Gasteiger partial charge in [0.1, 0.15) is 11.4 Å². The molecule has 0 aliphatic heterocycles. The van der Waals surface area contributed by atoms with Crippen molar-refractivity contribution in [2.75, 3.05) is 0 Å². The number of nitrogens with zero attached hydrogens (tertiary/aromatic N) is 2. The summed E-state index contributed by atoms with van der Waals surface area (Å²) >= 11 is 0. The minimum absolute atomic E-state index is 0.246. The van der Waals surface area contributed by atoms with E-state index in [0.29, 0.717) is 0 Å². The van der Waals surface area contributed by atoms with Gasteiger partial charge in [0.15, 0.2) is 0 Å². The van der Waals surface area contributed by atoms with Crippen molar-refractivity contribution in [3.8, 4) is 28.3 Å². The molecule has 178 valence electrons. The summed E-state index contributed by atoms with van der Waals surface area (Å²) in [7, 11) is 0. The molecular weight excluding hydrogens is 440 g/mol. The average Bonchev–Trinajstić information content (AvgIpc) is 3.18. The first-order chi connectivity index (χ1) is 17.2. The van der Waals surface area contributed by atoms with Gasteiger partial charge in [0.2, 0.25) is 0 Å². The standard InChI is InChI=1S/C33H30N2O/c1-18-13-20(3)29(21(4)14-18)31-32(30-22(5)15-19(2)16-23(30)6)35-28-10-8-7-9-26(28)25-12-11-24(36)17-27(25)33(35)34-31/h7-17,36H,1-6H3. The predicted octanol–water partition coefficient (Wildman–Crippen LogP) is 8.53. The second kappa shape index (κ2) is 7.96. The largest absolute Gasteiger partial charge is 0.508 e. The molecule has 0 atom stereocenters. The number of fused-ring (bicyclic) bond motifs is 6. The molecule has 6 rings (SSSR count). The SMILES string of the molecule is Cc1cc(C)c(-c2nc3c4cc(O)ccc4c4ccccc4n3c2-c2c(C)cc(C)cc2C)c(C)c1. The second-order valence-electron chi connectivity index (χ2n) is 10.3. The minimum Gasteiger partial charge on any atom is -0.508 e. The molecular formula is C33H30N2O. The van der Waals surface area contributed by atoms with Gasteiger partial charge in [-0.2, -0.15) is 0 Å². The third-order valence-electron chi connectivity index (χ3n) is 7.38. The highest BCUT2D eigenvalue weighted by atomic mass is 16.3. The molecule has 0 radical (unpaired) electrons. The van der Waals surface area contributed by atoms with Gasteiger partial charge in [0, 0.05) is 21.9 Å². The molecule has 2 heterocycles. The number of phenolic OH excluding ortho intramolecular Hbond substituents is 1. The van der Waals surface area contributed by atoms with Gasteiger partial charge < -0.3 is 5.11 Å². The number of hydrogen-bond acceptors (Lipinski definition) is 2. The van der Waals surface area contributed by atoms with Crippen molar-refractivity contribution in [1.29, 1.82) is 0 Å². The third kappa shape index (κ3) is 3.23. The molecule has 6 aromatic rings. The van der Waals surface area contributed by atoms with Crippen LogP contribution in [0.1, 0.15) is 33.4 Å². The van der Waals surface area contributed by atoms with Gasteiger partial charge in [-0.25, -0.2) is 4.98 Å². The number of imidazole rings is 1. The van der Waals surface area contributed by atoms with Crippen LogP contribution < -0.4 is 0 Å². The van der Waals surface area contributed by atoms with Gasteiger partial charge in [0.25, 0.3) is 0 Å². The third-order valence-corrected chi connectivity index (χ3v) is 7.38. The monoisotopic (exact) mass is 470 g/mol. The number of hydrogen-bond donors (Lipinski definition) is 1. The molecule has 0 fully saturated rings. The Morgan fingerprint density at radius 3 is 1.83 bits per heavy atom. The topological polar surface area (TPSA) is 37.5 Å². The Balaban J connectivity index is 1.93. The van der Waals surface area contributed by atoms with Crippen LogP contribution in [0.3, 0.4) is 0 Å². The van der Waals surface area contributed by atoms with E-state index in [1.54, 1.807) is 6.07 Å². The van der Waals surface area contributed by atoms with Gasteiger partial charge in [-0.1, -0.05) is 53.6 Å². The normalized spacial score (nSPS) is 11.7. The summed E-state index contributed by atoms with van der Waals surface area (Å²) in [5.74, 6) is 0.246. The predicted molar refractivity (Wildman–Crippen MR) is 151 cm³/mol. The van der Waals surface area contributed by atoms with Crippen LogP contribution in [0.4, 0.5) is 0 Å². The van der Waals surface area contributed by atoms with Crippen LogP contribution >= 0.6 is 0 Å². The van der Waals surface area contributed by atoms with Crippen LogP contribution in [0.15, 0.2) is 66.7 Å². The van der Waals surface area contributed by atoms with Crippen molar-refractivity contribution in [3.63, 3.8) is 0 Å². The zero-order valence-electron chi connectivity index (χ0n) is 21.7. The maximum absolute atomic E-state index is 10.5. The quantitative estimate of drug-likeness (QED) is 0.258. The lowest BCUT2D eigenvalue weighted by molar-refractivity contribution is 0.476. The minimum atomic E-state index is 0.246. The number of aromatic hydroxyl groups is 1. The molecule has 0 saturated heterocycles. The van der Waals surface area contributed by atoms with Crippen LogP contribution in [0.5, 0.6) is 5.75 Å². The number of aromatic nitrogens is 2. The first-order valence-corrected chi connectivity index (χ1v) is 12.5. The highest BCUT2D eigenvalue weighted by Crippen LogP contribution is 2.43. The first-order valence-electron chi connectivity index (χ1n) is 12.5. The van der Waals surface area contributed by atoms with E-state index in [2.05, 4.69) is 94.5 Å². The summed E-state index contributed by atoms with van der Waals surface area (Å²) < 4.78 is 2.32. The molecule has 0 amide bonds. The van der Waals surface area contributed by atoms with Crippen LogP contribution in [0.25, 0.3) is 49.8 Å². The number of pyridine rings is 1. The molecule has 0 bridgehead atoms. The van der Waals surface area contributed by atoms with E-state index in [1.807, 2.05) is 12.1 Å². The van der Waals surface area contributed by atoms with Crippen LogP contribution in [-0.4, -0.2) is 14.5 Å². The Kier molecular flexibility index (Phi) is 4.94. The fourth-order valence-electron chi connectivity index (χ4n) is 6.20. The van der Waals surface area contributed by atoms with Gasteiger partial charge in [-0.3, -0.25) is 4.40 Å². The Labute approximate surface area is 211 Å². The number of benzene rings is 4. The summed E-state index contributed by atoms with van der Waals surface area (Å²) in [6.07, 6.45) is 0. The van der Waals surface area contributed by atoms with Gasteiger partial charge >= 0.3 is 0 Å². The van der Waals surface area contributed by atoms with Crippen LogP contribution in [-0.2, 0) is 0 Å². The van der Waals surface area contributed by atoms with Crippen LogP contribution in [0.2, 0.25) is 0 Å². The number of aryl methyl sites for hydroxylation is 6. The van der Waals surface area contributed by atoms with E-state index in [4.69, 9.17) is 4.98 Å². The highest BCUT2D eigenvalue weighted by Gasteiger charge is 2.25. The molecule has 2 aromatic heterocycles. The average molecular weight is 471 g/mol. The molecule has 0 saturated carbocycles. The summed E-state index contributed by atoms with van der Waals surface area (Å²) in [6.45, 7) is 13.1. The second-order valence-corrected chi connectivity index (χ2v) is 10.3. The van der Waals surface area contributed by atoms with Gasteiger partial charge in [-0.15, -0.1) is 0 Å². The van der Waals surface area contributed by atoms with Crippen LogP contribution in [0, 0.1) is 41.5 Å². The Morgan fingerprint density at radius 2 is 1.19 bits per heavy atom. The molecule has 36 heavy (non-hydrogen) atoms.